The smallest absolute Gasteiger partial charge is 0.253 e. The van der Waals surface area contributed by atoms with E-state index in [2.05, 4.69) is 15.6 Å². The van der Waals surface area contributed by atoms with Crippen molar-refractivity contribution < 1.29 is 4.79 Å². The fraction of sp³-hybridized carbons (Fsp3) is 0.625. The Labute approximate surface area is 145 Å². The third-order valence-corrected chi connectivity index (χ3v) is 3.95. The van der Waals surface area contributed by atoms with Gasteiger partial charge in [0.2, 0.25) is 0 Å². The quantitative estimate of drug-likeness (QED) is 0.634. The number of carbonyl (C=O) groups is 1. The summed E-state index contributed by atoms with van der Waals surface area (Å²) >= 11 is 0. The lowest BCUT2D eigenvalue weighted by molar-refractivity contribution is 0.0952. The molecule has 1 saturated carbocycles. The van der Waals surface area contributed by atoms with E-state index >= 15 is 0 Å². The zero-order valence-corrected chi connectivity index (χ0v) is 14.8. The fourth-order valence-corrected chi connectivity index (χ4v) is 2.76. The highest BCUT2D eigenvalue weighted by atomic mass is 35.5. The molecule has 0 aromatic carbocycles. The van der Waals surface area contributed by atoms with Crippen LogP contribution >= 0.6 is 24.8 Å². The molecule has 1 fully saturated rings. The molecule has 1 aromatic heterocycles. The van der Waals surface area contributed by atoms with E-state index in [1.165, 1.54) is 38.5 Å². The molecule has 1 aliphatic rings. The van der Waals surface area contributed by atoms with E-state index in [0.717, 1.165) is 12.2 Å². The molecule has 2 rings (SSSR count). The number of aryl methyl sites for hydroxylation is 1. The zero-order valence-electron chi connectivity index (χ0n) is 13.1. The van der Waals surface area contributed by atoms with Crippen molar-refractivity contribution in [2.75, 3.05) is 13.1 Å². The lowest BCUT2D eigenvalue weighted by Gasteiger charge is -2.16. The third kappa shape index (κ3) is 6.95. The summed E-state index contributed by atoms with van der Waals surface area (Å²) in [6.07, 6.45) is 9.66. The van der Waals surface area contributed by atoms with Gasteiger partial charge >= 0.3 is 0 Å². The molecular weight excluding hydrogens is 321 g/mol. The minimum absolute atomic E-state index is 0. The van der Waals surface area contributed by atoms with Crippen LogP contribution in [-0.2, 0) is 0 Å². The average molecular weight is 348 g/mol. The molecule has 0 bridgehead atoms. The molecule has 0 atom stereocenters. The van der Waals surface area contributed by atoms with Gasteiger partial charge in [-0.15, -0.1) is 24.8 Å². The number of carbonyl (C=O) groups excluding carboxylic acids is 1. The SMILES string of the molecule is Cc1ncccc1C(=O)NCCNC1CCCCCC1.Cl.Cl. The summed E-state index contributed by atoms with van der Waals surface area (Å²) in [4.78, 5) is 16.1. The van der Waals surface area contributed by atoms with Crippen molar-refractivity contribution in [1.82, 2.24) is 15.6 Å². The Morgan fingerprint density at radius 1 is 1.18 bits per heavy atom. The molecule has 0 aliphatic heterocycles. The van der Waals surface area contributed by atoms with Crippen molar-refractivity contribution in [3.05, 3.63) is 29.6 Å². The molecule has 1 heterocycles. The highest BCUT2D eigenvalue weighted by Gasteiger charge is 2.12. The average Bonchev–Trinajstić information content (AvgIpc) is 2.72. The largest absolute Gasteiger partial charge is 0.351 e. The van der Waals surface area contributed by atoms with Gasteiger partial charge in [0, 0.05) is 31.0 Å². The summed E-state index contributed by atoms with van der Waals surface area (Å²) in [6.45, 7) is 3.37. The Morgan fingerprint density at radius 2 is 1.86 bits per heavy atom. The minimum Gasteiger partial charge on any atom is -0.351 e. The number of rotatable bonds is 5. The predicted molar refractivity (Wildman–Crippen MR) is 95.3 cm³/mol. The second-order valence-electron chi connectivity index (χ2n) is 5.53. The van der Waals surface area contributed by atoms with Crippen LogP contribution in [0.3, 0.4) is 0 Å². The van der Waals surface area contributed by atoms with E-state index < -0.39 is 0 Å². The zero-order chi connectivity index (χ0) is 14.2. The molecule has 1 aliphatic carbocycles. The van der Waals surface area contributed by atoms with Gasteiger partial charge in [0.05, 0.1) is 5.56 Å². The van der Waals surface area contributed by atoms with Gasteiger partial charge in [-0.05, 0) is 31.9 Å². The lowest BCUT2D eigenvalue weighted by Crippen LogP contribution is -2.37. The molecule has 4 nitrogen and oxygen atoms in total. The minimum atomic E-state index is -0.0294. The first kappa shape index (κ1) is 21.2. The van der Waals surface area contributed by atoms with E-state index in [1.54, 1.807) is 12.3 Å². The lowest BCUT2D eigenvalue weighted by atomic mass is 10.1. The van der Waals surface area contributed by atoms with E-state index in [4.69, 9.17) is 0 Å². The maximum absolute atomic E-state index is 12.0. The standard InChI is InChI=1S/C16H25N3O.2ClH/c1-13-15(9-6-10-17-13)16(20)19-12-11-18-14-7-4-2-3-5-8-14;;/h6,9-10,14,18H,2-5,7-8,11-12H2,1H3,(H,19,20);2*1H. The topological polar surface area (TPSA) is 54.0 Å². The van der Waals surface area contributed by atoms with Crippen LogP contribution in [0.15, 0.2) is 18.3 Å². The Morgan fingerprint density at radius 3 is 2.50 bits per heavy atom. The van der Waals surface area contributed by atoms with Gasteiger partial charge in [-0.25, -0.2) is 0 Å². The van der Waals surface area contributed by atoms with Crippen molar-refractivity contribution in [2.45, 2.75) is 51.5 Å². The molecule has 0 unspecified atom stereocenters. The van der Waals surface area contributed by atoms with Gasteiger partial charge in [0.1, 0.15) is 0 Å². The monoisotopic (exact) mass is 347 g/mol. The van der Waals surface area contributed by atoms with Crippen LogP contribution in [0, 0.1) is 6.92 Å². The second-order valence-corrected chi connectivity index (χ2v) is 5.53. The number of hydrogen-bond acceptors (Lipinski definition) is 3. The summed E-state index contributed by atoms with van der Waals surface area (Å²) in [5.41, 5.74) is 1.45. The van der Waals surface area contributed by atoms with Gasteiger partial charge in [-0.3, -0.25) is 9.78 Å². The third-order valence-electron chi connectivity index (χ3n) is 3.95. The van der Waals surface area contributed by atoms with Gasteiger partial charge in [0.25, 0.3) is 5.91 Å². The second kappa shape index (κ2) is 11.7. The van der Waals surface area contributed by atoms with E-state index in [9.17, 15) is 4.79 Å². The van der Waals surface area contributed by atoms with Crippen LogP contribution in [0.4, 0.5) is 0 Å². The van der Waals surface area contributed by atoms with Crippen LogP contribution < -0.4 is 10.6 Å². The number of aromatic nitrogens is 1. The van der Waals surface area contributed by atoms with Gasteiger partial charge in [-0.1, -0.05) is 25.7 Å². The first-order valence-corrected chi connectivity index (χ1v) is 7.70. The van der Waals surface area contributed by atoms with Crippen molar-refractivity contribution in [3.8, 4) is 0 Å². The maximum atomic E-state index is 12.0. The molecule has 0 spiro atoms. The van der Waals surface area contributed by atoms with Crippen LogP contribution in [-0.4, -0.2) is 30.0 Å². The van der Waals surface area contributed by atoms with Crippen LogP contribution in [0.25, 0.3) is 0 Å². The summed E-state index contributed by atoms with van der Waals surface area (Å²) in [5.74, 6) is -0.0294. The van der Waals surface area contributed by atoms with Crippen molar-refractivity contribution in [1.29, 1.82) is 0 Å². The van der Waals surface area contributed by atoms with E-state index in [-0.39, 0.29) is 30.7 Å². The number of halogens is 2. The van der Waals surface area contributed by atoms with E-state index in [0.29, 0.717) is 18.2 Å². The number of nitrogens with zero attached hydrogens (tertiary/aromatic N) is 1. The van der Waals surface area contributed by atoms with Crippen LogP contribution in [0.2, 0.25) is 0 Å². The maximum Gasteiger partial charge on any atom is 0.253 e. The first-order chi connectivity index (χ1) is 9.77. The highest BCUT2D eigenvalue weighted by Crippen LogP contribution is 2.16. The van der Waals surface area contributed by atoms with E-state index in [1.807, 2.05) is 13.0 Å². The Balaban J connectivity index is 0.00000220. The normalized spacial score (nSPS) is 15.1. The fourth-order valence-electron chi connectivity index (χ4n) is 2.76. The molecular formula is C16H27Cl2N3O. The summed E-state index contributed by atoms with van der Waals surface area (Å²) < 4.78 is 0. The Hall–Kier alpha value is -0.840. The van der Waals surface area contributed by atoms with Crippen LogP contribution in [0.5, 0.6) is 0 Å². The number of hydrogen-bond donors (Lipinski definition) is 2. The Bertz CT molecular complexity index is 435. The van der Waals surface area contributed by atoms with Crippen LogP contribution in [0.1, 0.15) is 54.6 Å². The molecule has 0 radical (unpaired) electrons. The number of nitrogens with one attached hydrogen (secondary N) is 2. The highest BCUT2D eigenvalue weighted by molar-refractivity contribution is 5.95. The summed E-state index contributed by atoms with van der Waals surface area (Å²) in [7, 11) is 0. The van der Waals surface area contributed by atoms with Gasteiger partial charge in [0.15, 0.2) is 0 Å². The molecule has 0 saturated heterocycles. The number of amides is 1. The molecule has 2 N–H and O–H groups in total. The molecule has 22 heavy (non-hydrogen) atoms. The van der Waals surface area contributed by atoms with Crippen molar-refractivity contribution >= 4 is 30.7 Å². The molecule has 1 amide bonds. The first-order valence-electron chi connectivity index (χ1n) is 7.70. The summed E-state index contributed by atoms with van der Waals surface area (Å²) in [6, 6.07) is 4.25. The summed E-state index contributed by atoms with van der Waals surface area (Å²) in [5, 5.41) is 6.51. The number of pyridine rings is 1. The van der Waals surface area contributed by atoms with Gasteiger partial charge in [-0.2, -0.15) is 0 Å². The van der Waals surface area contributed by atoms with Gasteiger partial charge < -0.3 is 10.6 Å². The Kier molecular flexibility index (Phi) is 11.2. The van der Waals surface area contributed by atoms with Crippen molar-refractivity contribution in [3.63, 3.8) is 0 Å². The molecule has 6 heteroatoms. The molecule has 1 aromatic rings. The predicted octanol–water partition coefficient (Wildman–Crippen LogP) is 3.28. The van der Waals surface area contributed by atoms with Crippen molar-refractivity contribution in [2.24, 2.45) is 0 Å². The molecule has 126 valence electrons.